The molecule has 150 valence electrons. The van der Waals surface area contributed by atoms with E-state index in [4.69, 9.17) is 9.47 Å². The molecule has 0 saturated carbocycles. The van der Waals surface area contributed by atoms with E-state index in [1.54, 1.807) is 14.2 Å². The fourth-order valence-corrected chi connectivity index (χ4v) is 3.51. The van der Waals surface area contributed by atoms with Gasteiger partial charge in [-0.15, -0.1) is 0 Å². The minimum atomic E-state index is -0.160. The Kier molecular flexibility index (Phi) is 6.76. The molecule has 0 bridgehead atoms. The molecule has 0 radical (unpaired) electrons. The van der Waals surface area contributed by atoms with Crippen molar-refractivity contribution in [3.05, 3.63) is 54.1 Å². The highest BCUT2D eigenvalue weighted by atomic mass is 16.5. The Morgan fingerprint density at radius 2 is 1.68 bits per heavy atom. The third-order valence-corrected chi connectivity index (χ3v) is 5.32. The van der Waals surface area contributed by atoms with Crippen LogP contribution in [0.3, 0.4) is 0 Å². The summed E-state index contributed by atoms with van der Waals surface area (Å²) in [4.78, 5) is 17.2. The van der Waals surface area contributed by atoms with Crippen LogP contribution in [0.2, 0.25) is 0 Å². The average Bonchev–Trinajstić information content (AvgIpc) is 2.77. The smallest absolute Gasteiger partial charge is 0.237 e. The van der Waals surface area contributed by atoms with Gasteiger partial charge in [0.2, 0.25) is 5.91 Å². The maximum absolute atomic E-state index is 12.6. The second-order valence-corrected chi connectivity index (χ2v) is 6.93. The molecule has 1 aliphatic heterocycles. The molecule has 0 spiro atoms. The van der Waals surface area contributed by atoms with Gasteiger partial charge in [-0.3, -0.25) is 9.69 Å². The van der Waals surface area contributed by atoms with E-state index in [-0.39, 0.29) is 11.9 Å². The molecule has 1 saturated heterocycles. The van der Waals surface area contributed by atoms with Crippen molar-refractivity contribution in [3.8, 4) is 11.5 Å². The van der Waals surface area contributed by atoms with Crippen molar-refractivity contribution in [2.45, 2.75) is 19.5 Å². The molecule has 2 aromatic carbocycles. The topological polar surface area (TPSA) is 54.0 Å². The molecule has 6 nitrogen and oxygen atoms in total. The quantitative estimate of drug-likeness (QED) is 0.796. The summed E-state index contributed by atoms with van der Waals surface area (Å²) in [6.45, 7) is 5.96. The van der Waals surface area contributed by atoms with Gasteiger partial charge in [0.1, 0.15) is 11.5 Å². The van der Waals surface area contributed by atoms with Crippen molar-refractivity contribution >= 4 is 11.6 Å². The molecule has 0 aromatic heterocycles. The van der Waals surface area contributed by atoms with E-state index in [2.05, 4.69) is 27.2 Å². The number of methoxy groups -OCH3 is 2. The highest BCUT2D eigenvalue weighted by Gasteiger charge is 2.25. The van der Waals surface area contributed by atoms with Gasteiger partial charge in [0, 0.05) is 44.0 Å². The van der Waals surface area contributed by atoms with E-state index in [1.807, 2.05) is 43.3 Å². The number of carbonyl (C=O) groups excluding carboxylic acids is 1. The summed E-state index contributed by atoms with van der Waals surface area (Å²) in [6.07, 6.45) is 0. The zero-order chi connectivity index (χ0) is 19.9. The normalized spacial score (nSPS) is 15.8. The van der Waals surface area contributed by atoms with Gasteiger partial charge in [-0.1, -0.05) is 18.2 Å². The summed E-state index contributed by atoms with van der Waals surface area (Å²) in [5.74, 6) is 1.70. The average molecular weight is 383 g/mol. The second kappa shape index (κ2) is 9.46. The molecule has 1 N–H and O–H groups in total. The molecule has 0 unspecified atom stereocenters. The van der Waals surface area contributed by atoms with E-state index in [0.29, 0.717) is 6.54 Å². The Hall–Kier alpha value is -2.73. The van der Waals surface area contributed by atoms with Gasteiger partial charge in [0.15, 0.2) is 0 Å². The first kappa shape index (κ1) is 20.0. The van der Waals surface area contributed by atoms with Crippen LogP contribution in [0.1, 0.15) is 12.5 Å². The first-order chi connectivity index (χ1) is 13.6. The number of carbonyl (C=O) groups is 1. The Labute approximate surface area is 167 Å². The van der Waals surface area contributed by atoms with E-state index in [0.717, 1.165) is 43.2 Å². The van der Waals surface area contributed by atoms with Crippen LogP contribution >= 0.6 is 0 Å². The summed E-state index contributed by atoms with van der Waals surface area (Å²) in [7, 11) is 3.32. The van der Waals surface area contributed by atoms with E-state index < -0.39 is 0 Å². The minimum Gasteiger partial charge on any atom is -0.497 e. The predicted molar refractivity (Wildman–Crippen MR) is 111 cm³/mol. The van der Waals surface area contributed by atoms with Gasteiger partial charge < -0.3 is 19.7 Å². The van der Waals surface area contributed by atoms with Crippen molar-refractivity contribution in [1.29, 1.82) is 0 Å². The van der Waals surface area contributed by atoms with Crippen molar-refractivity contribution in [2.75, 3.05) is 45.3 Å². The molecule has 1 atom stereocenters. The molecule has 1 heterocycles. The molecule has 2 aromatic rings. The molecule has 1 aliphatic rings. The van der Waals surface area contributed by atoms with Crippen molar-refractivity contribution in [3.63, 3.8) is 0 Å². The van der Waals surface area contributed by atoms with E-state index >= 15 is 0 Å². The number of piperazine rings is 1. The Balaban J connectivity index is 1.49. The van der Waals surface area contributed by atoms with Gasteiger partial charge in [0.25, 0.3) is 0 Å². The van der Waals surface area contributed by atoms with E-state index in [1.165, 1.54) is 5.69 Å². The summed E-state index contributed by atoms with van der Waals surface area (Å²) in [6, 6.07) is 15.7. The summed E-state index contributed by atoms with van der Waals surface area (Å²) in [5.41, 5.74) is 2.17. The largest absolute Gasteiger partial charge is 0.497 e. The monoisotopic (exact) mass is 383 g/mol. The number of ether oxygens (including phenoxy) is 2. The molecule has 0 aliphatic carbocycles. The Bertz CT molecular complexity index is 771. The van der Waals surface area contributed by atoms with Crippen LogP contribution in [0.4, 0.5) is 5.69 Å². The number of para-hydroxylation sites is 1. The molecule has 1 fully saturated rings. The lowest BCUT2D eigenvalue weighted by Crippen LogP contribution is -2.53. The number of hydrogen-bond donors (Lipinski definition) is 1. The summed E-state index contributed by atoms with van der Waals surface area (Å²) >= 11 is 0. The lowest BCUT2D eigenvalue weighted by Gasteiger charge is -2.38. The standard InChI is InChI=1S/C22H29N3O3/c1-17(22(26)23-16-18-6-4-5-7-21(18)28-3)24-12-14-25(15-13-24)19-8-10-20(27-2)11-9-19/h4-11,17H,12-16H2,1-3H3,(H,23,26)/t17-/m1/s1. The van der Waals surface area contributed by atoms with Crippen LogP contribution in [-0.4, -0.2) is 57.2 Å². The lowest BCUT2D eigenvalue weighted by atomic mass is 10.1. The molecule has 1 amide bonds. The predicted octanol–water partition coefficient (Wildman–Crippen LogP) is 2.53. The van der Waals surface area contributed by atoms with Crippen molar-refractivity contribution < 1.29 is 14.3 Å². The van der Waals surface area contributed by atoms with E-state index in [9.17, 15) is 4.79 Å². The number of benzene rings is 2. The van der Waals surface area contributed by atoms with Crippen LogP contribution in [0.5, 0.6) is 11.5 Å². The van der Waals surface area contributed by atoms with Crippen LogP contribution in [-0.2, 0) is 11.3 Å². The van der Waals surface area contributed by atoms with Crippen molar-refractivity contribution in [2.24, 2.45) is 0 Å². The maximum Gasteiger partial charge on any atom is 0.237 e. The van der Waals surface area contributed by atoms with Gasteiger partial charge >= 0.3 is 0 Å². The van der Waals surface area contributed by atoms with Crippen molar-refractivity contribution in [1.82, 2.24) is 10.2 Å². The van der Waals surface area contributed by atoms with Gasteiger partial charge in [-0.05, 0) is 37.3 Å². The zero-order valence-corrected chi connectivity index (χ0v) is 16.9. The zero-order valence-electron chi connectivity index (χ0n) is 16.9. The third kappa shape index (κ3) is 4.75. The van der Waals surface area contributed by atoms with Crippen LogP contribution < -0.4 is 19.7 Å². The van der Waals surface area contributed by atoms with Gasteiger partial charge in [-0.25, -0.2) is 0 Å². The molecule has 28 heavy (non-hydrogen) atoms. The number of nitrogens with zero attached hydrogens (tertiary/aromatic N) is 2. The third-order valence-electron chi connectivity index (χ3n) is 5.32. The molecular formula is C22H29N3O3. The maximum atomic E-state index is 12.6. The Morgan fingerprint density at radius 1 is 1.00 bits per heavy atom. The number of anilines is 1. The number of nitrogens with one attached hydrogen (secondary N) is 1. The first-order valence-electron chi connectivity index (χ1n) is 9.65. The molecular weight excluding hydrogens is 354 g/mol. The molecule has 6 heteroatoms. The lowest BCUT2D eigenvalue weighted by molar-refractivity contribution is -0.126. The van der Waals surface area contributed by atoms with Crippen LogP contribution in [0.15, 0.2) is 48.5 Å². The fraction of sp³-hybridized carbons (Fsp3) is 0.409. The summed E-state index contributed by atoms with van der Waals surface area (Å²) in [5, 5.41) is 3.04. The van der Waals surface area contributed by atoms with Gasteiger partial charge in [0.05, 0.1) is 20.3 Å². The SMILES string of the molecule is COc1ccc(N2CCN([C@H](C)C(=O)NCc3ccccc3OC)CC2)cc1. The minimum absolute atomic E-state index is 0.0452. The highest BCUT2D eigenvalue weighted by molar-refractivity contribution is 5.81. The number of hydrogen-bond acceptors (Lipinski definition) is 5. The first-order valence-corrected chi connectivity index (χ1v) is 9.65. The second-order valence-electron chi connectivity index (χ2n) is 6.93. The number of rotatable bonds is 7. The van der Waals surface area contributed by atoms with Crippen LogP contribution in [0, 0.1) is 0 Å². The molecule has 3 rings (SSSR count). The van der Waals surface area contributed by atoms with Crippen LogP contribution in [0.25, 0.3) is 0 Å². The highest BCUT2D eigenvalue weighted by Crippen LogP contribution is 2.21. The fourth-order valence-electron chi connectivity index (χ4n) is 3.51. The number of amides is 1. The Morgan fingerprint density at radius 3 is 2.32 bits per heavy atom. The van der Waals surface area contributed by atoms with Gasteiger partial charge in [-0.2, -0.15) is 0 Å². The summed E-state index contributed by atoms with van der Waals surface area (Å²) < 4.78 is 10.6.